The van der Waals surface area contributed by atoms with Gasteiger partial charge in [0.2, 0.25) is 0 Å². The molecule has 0 heterocycles. The molecule has 104 valence electrons. The number of allylic oxidation sites excluding steroid dienone is 1. The average molecular weight is 260 g/mol. The molecule has 1 aromatic carbocycles. The molecular weight excluding hydrogens is 236 g/mol. The van der Waals surface area contributed by atoms with Gasteiger partial charge in [-0.05, 0) is 42.9 Å². The van der Waals surface area contributed by atoms with Gasteiger partial charge in [-0.1, -0.05) is 45.0 Å². The van der Waals surface area contributed by atoms with Gasteiger partial charge in [-0.15, -0.1) is 0 Å². The monoisotopic (exact) mass is 260 g/mol. The van der Waals surface area contributed by atoms with Gasteiger partial charge in [0.15, 0.2) is 0 Å². The minimum Gasteiger partial charge on any atom is -0.463 e. The lowest BCUT2D eigenvalue weighted by molar-refractivity contribution is -0.138. The van der Waals surface area contributed by atoms with Crippen molar-refractivity contribution in [3.8, 4) is 0 Å². The molecule has 0 unspecified atom stereocenters. The van der Waals surface area contributed by atoms with Crippen LogP contribution in [-0.4, -0.2) is 12.6 Å². The summed E-state index contributed by atoms with van der Waals surface area (Å²) >= 11 is 0. The van der Waals surface area contributed by atoms with Gasteiger partial charge in [-0.25, -0.2) is 4.79 Å². The molecule has 0 bridgehead atoms. The third-order valence-corrected chi connectivity index (χ3v) is 3.33. The van der Waals surface area contributed by atoms with Crippen LogP contribution in [0, 0.1) is 0 Å². The Hall–Kier alpha value is -1.57. The highest BCUT2D eigenvalue weighted by Gasteiger charge is 2.14. The zero-order valence-electron chi connectivity index (χ0n) is 12.8. The second-order valence-corrected chi connectivity index (χ2v) is 5.80. The Morgan fingerprint density at radius 1 is 1.11 bits per heavy atom. The number of hydrogen-bond acceptors (Lipinski definition) is 2. The molecule has 2 nitrogen and oxygen atoms in total. The van der Waals surface area contributed by atoms with Crippen LogP contribution in [-0.2, 0) is 14.9 Å². The van der Waals surface area contributed by atoms with E-state index in [2.05, 4.69) is 45.0 Å². The summed E-state index contributed by atoms with van der Waals surface area (Å²) in [7, 11) is 0. The minimum atomic E-state index is -0.236. The summed E-state index contributed by atoms with van der Waals surface area (Å²) in [4.78, 5) is 11.7. The van der Waals surface area contributed by atoms with Crippen molar-refractivity contribution < 1.29 is 9.53 Å². The molecule has 1 aromatic rings. The molecule has 1 rings (SSSR count). The fourth-order valence-corrected chi connectivity index (χ4v) is 1.83. The second-order valence-electron chi connectivity index (χ2n) is 5.80. The number of ether oxygens (including phenoxy) is 1. The third kappa shape index (κ3) is 3.95. The maximum atomic E-state index is 11.7. The number of hydrogen-bond donors (Lipinski definition) is 0. The van der Waals surface area contributed by atoms with Gasteiger partial charge in [-0.3, -0.25) is 0 Å². The Bertz CT molecular complexity index is 473. The van der Waals surface area contributed by atoms with E-state index in [1.54, 1.807) is 0 Å². The summed E-state index contributed by atoms with van der Waals surface area (Å²) in [5.41, 5.74) is 4.15. The number of carbonyl (C=O) groups is 1. The smallest absolute Gasteiger partial charge is 0.333 e. The average Bonchev–Trinajstić information content (AvgIpc) is 2.36. The summed E-state index contributed by atoms with van der Waals surface area (Å²) in [5.74, 6) is -0.236. The number of esters is 1. The summed E-state index contributed by atoms with van der Waals surface area (Å²) in [6.07, 6.45) is 0. The van der Waals surface area contributed by atoms with Gasteiger partial charge in [0.05, 0.1) is 6.61 Å². The largest absolute Gasteiger partial charge is 0.463 e. The van der Waals surface area contributed by atoms with Crippen molar-refractivity contribution in [2.24, 2.45) is 0 Å². The fourth-order valence-electron chi connectivity index (χ4n) is 1.83. The van der Waals surface area contributed by atoms with Crippen molar-refractivity contribution in [1.82, 2.24) is 0 Å². The molecule has 19 heavy (non-hydrogen) atoms. The quantitative estimate of drug-likeness (QED) is 0.597. The van der Waals surface area contributed by atoms with Crippen LogP contribution in [0.5, 0.6) is 0 Å². The van der Waals surface area contributed by atoms with Crippen LogP contribution < -0.4 is 0 Å². The Labute approximate surface area is 116 Å². The molecule has 0 atom stereocenters. The van der Waals surface area contributed by atoms with E-state index in [4.69, 9.17) is 4.74 Å². The van der Waals surface area contributed by atoms with Gasteiger partial charge in [0.25, 0.3) is 0 Å². The Kier molecular flexibility index (Phi) is 4.93. The Morgan fingerprint density at radius 3 is 2.05 bits per heavy atom. The predicted octanol–water partition coefficient (Wildman–Crippen LogP) is 4.34. The van der Waals surface area contributed by atoms with E-state index in [0.29, 0.717) is 12.2 Å². The van der Waals surface area contributed by atoms with Gasteiger partial charge >= 0.3 is 5.97 Å². The van der Waals surface area contributed by atoms with E-state index >= 15 is 0 Å². The molecule has 0 spiro atoms. The first-order valence-corrected chi connectivity index (χ1v) is 6.73. The van der Waals surface area contributed by atoms with Gasteiger partial charge in [0.1, 0.15) is 0 Å². The van der Waals surface area contributed by atoms with Crippen molar-refractivity contribution in [2.45, 2.75) is 47.0 Å². The lowest BCUT2D eigenvalue weighted by Gasteiger charge is -2.19. The summed E-state index contributed by atoms with van der Waals surface area (Å²) in [6, 6.07) is 8.38. The standard InChI is InChI=1S/C17H24O2/c1-7-19-16(18)13(3)12(2)14-8-10-15(11-9-14)17(4,5)6/h8-11H,7H2,1-6H3/b13-12+. The summed E-state index contributed by atoms with van der Waals surface area (Å²) in [6.45, 7) is 12.6. The molecule has 0 N–H and O–H groups in total. The Morgan fingerprint density at radius 2 is 1.63 bits per heavy atom. The van der Waals surface area contributed by atoms with Crippen LogP contribution >= 0.6 is 0 Å². The van der Waals surface area contributed by atoms with E-state index in [-0.39, 0.29) is 11.4 Å². The minimum absolute atomic E-state index is 0.145. The van der Waals surface area contributed by atoms with Crippen LogP contribution in [0.3, 0.4) is 0 Å². The van der Waals surface area contributed by atoms with Gasteiger partial charge in [0, 0.05) is 5.57 Å². The Balaban J connectivity index is 3.04. The molecule has 0 saturated heterocycles. The molecule has 0 aromatic heterocycles. The van der Waals surface area contributed by atoms with Crippen molar-refractivity contribution in [2.75, 3.05) is 6.61 Å². The maximum absolute atomic E-state index is 11.7. The highest BCUT2D eigenvalue weighted by Crippen LogP contribution is 2.25. The molecule has 0 aliphatic carbocycles. The summed E-state index contributed by atoms with van der Waals surface area (Å²) < 4.78 is 5.03. The highest BCUT2D eigenvalue weighted by molar-refractivity contribution is 5.96. The van der Waals surface area contributed by atoms with Crippen molar-refractivity contribution in [1.29, 1.82) is 0 Å². The zero-order valence-corrected chi connectivity index (χ0v) is 12.8. The normalized spacial score (nSPS) is 12.9. The van der Waals surface area contributed by atoms with Gasteiger partial charge in [-0.2, -0.15) is 0 Å². The predicted molar refractivity (Wildman–Crippen MR) is 80.0 cm³/mol. The molecule has 0 aliphatic rings. The van der Waals surface area contributed by atoms with E-state index in [1.807, 2.05) is 20.8 Å². The van der Waals surface area contributed by atoms with Crippen LogP contribution in [0.2, 0.25) is 0 Å². The lowest BCUT2D eigenvalue weighted by atomic mass is 9.86. The van der Waals surface area contributed by atoms with Crippen molar-refractivity contribution in [3.63, 3.8) is 0 Å². The molecule has 0 aliphatic heterocycles. The van der Waals surface area contributed by atoms with E-state index in [1.165, 1.54) is 5.56 Å². The second kappa shape index (κ2) is 6.05. The van der Waals surface area contributed by atoms with Crippen LogP contribution in [0.4, 0.5) is 0 Å². The van der Waals surface area contributed by atoms with Crippen molar-refractivity contribution >= 4 is 11.5 Å². The summed E-state index contributed by atoms with van der Waals surface area (Å²) in [5, 5.41) is 0. The molecular formula is C17H24O2. The molecule has 0 radical (unpaired) electrons. The molecule has 0 saturated carbocycles. The van der Waals surface area contributed by atoms with Crippen LogP contribution in [0.15, 0.2) is 29.8 Å². The van der Waals surface area contributed by atoms with E-state index < -0.39 is 0 Å². The van der Waals surface area contributed by atoms with Gasteiger partial charge < -0.3 is 4.74 Å². The zero-order chi connectivity index (χ0) is 14.6. The van der Waals surface area contributed by atoms with Crippen LogP contribution in [0.1, 0.15) is 52.7 Å². The van der Waals surface area contributed by atoms with Crippen molar-refractivity contribution in [3.05, 3.63) is 41.0 Å². The van der Waals surface area contributed by atoms with Crippen LogP contribution in [0.25, 0.3) is 5.57 Å². The lowest BCUT2D eigenvalue weighted by Crippen LogP contribution is -2.11. The first-order valence-electron chi connectivity index (χ1n) is 6.73. The number of benzene rings is 1. The topological polar surface area (TPSA) is 26.3 Å². The molecule has 0 amide bonds. The first-order chi connectivity index (χ1) is 8.77. The maximum Gasteiger partial charge on any atom is 0.333 e. The SMILES string of the molecule is CCOC(=O)/C(C)=C(\C)c1ccc(C(C)(C)C)cc1. The highest BCUT2D eigenvalue weighted by atomic mass is 16.5. The number of rotatable bonds is 3. The number of carbonyl (C=O) groups excluding carboxylic acids is 1. The molecule has 2 heteroatoms. The molecule has 0 fully saturated rings. The third-order valence-electron chi connectivity index (χ3n) is 3.33. The first kappa shape index (κ1) is 15.5. The van der Waals surface area contributed by atoms with E-state index in [9.17, 15) is 4.79 Å². The fraction of sp³-hybridized carbons (Fsp3) is 0.471. The van der Waals surface area contributed by atoms with E-state index in [0.717, 1.165) is 11.1 Å².